The van der Waals surface area contributed by atoms with Gasteiger partial charge in [0.25, 0.3) is 5.91 Å². The lowest BCUT2D eigenvalue weighted by atomic mass is 10.0. The van der Waals surface area contributed by atoms with Crippen LogP contribution in [0.4, 0.5) is 0 Å². The summed E-state index contributed by atoms with van der Waals surface area (Å²) in [5, 5.41) is 39.5. The Morgan fingerprint density at radius 1 is 0.387 bits per heavy atom. The zero-order chi connectivity index (χ0) is 68.5. The molecule has 17 N–H and O–H groups in total. The zero-order valence-corrected chi connectivity index (χ0v) is 57.5. The third-order valence-corrected chi connectivity index (χ3v) is 17.2. The number of hydrogen-bond donors (Lipinski definition) is 13. The van der Waals surface area contributed by atoms with Gasteiger partial charge in [-0.3, -0.25) is 38.4 Å². The highest BCUT2D eigenvalue weighted by atomic mass is 16.4. The van der Waals surface area contributed by atoms with Crippen LogP contribution in [0.25, 0.3) is 0 Å². The van der Waals surface area contributed by atoms with E-state index < -0.39 is 83.8 Å². The number of benzene rings is 1. The van der Waals surface area contributed by atoms with Gasteiger partial charge in [0.2, 0.25) is 41.4 Å². The Bertz CT molecular complexity index is 2160. The molecule has 0 aromatic heterocycles. The van der Waals surface area contributed by atoms with E-state index >= 15 is 0 Å². The molecular formula is C71H129N11O11. The fourth-order valence-corrected chi connectivity index (χ4v) is 11.3. The number of carbonyl (C=O) groups is 9. The first-order valence-corrected chi connectivity index (χ1v) is 36.4. The number of aliphatic hydroxyl groups is 1. The van der Waals surface area contributed by atoms with Gasteiger partial charge in [0.1, 0.15) is 36.3 Å². The molecule has 0 aliphatic heterocycles. The van der Waals surface area contributed by atoms with Gasteiger partial charge in [0.15, 0.2) is 0 Å². The van der Waals surface area contributed by atoms with Crippen LogP contribution in [-0.4, -0.2) is 132 Å². The monoisotopic (exact) mass is 1310 g/mol. The second-order valence-corrected chi connectivity index (χ2v) is 25.7. The topological polar surface area (TPSA) is 382 Å². The molecule has 534 valence electrons. The Kier molecular flexibility index (Phi) is 52.9. The molecule has 1 aromatic carbocycles. The maximum Gasteiger partial charge on any atom is 0.326 e. The molecule has 0 saturated carbocycles. The molecule has 0 aliphatic rings. The SMILES string of the molecule is CCCCCCCCCCCCCCCC(=O)NCCCCC(NC(=O)CCCCCCCCCCCCCCC)C(=O)NC(CCCCN)C(=O)NC(CCCCN)C(=O)NC(CCCCNC(=O)CCC(NC(=O)C(O)C(N)Cc1ccccc1)C(=O)O)C(N)=O. The van der Waals surface area contributed by atoms with Crippen molar-refractivity contribution in [1.29, 1.82) is 0 Å². The Labute approximate surface area is 558 Å². The van der Waals surface area contributed by atoms with Crippen molar-refractivity contribution in [2.24, 2.45) is 22.9 Å². The average Bonchev–Trinajstić information content (AvgIpc) is 1.20. The van der Waals surface area contributed by atoms with Crippen LogP contribution in [0, 0.1) is 0 Å². The summed E-state index contributed by atoms with van der Waals surface area (Å²) in [5.41, 5.74) is 24.2. The van der Waals surface area contributed by atoms with E-state index in [-0.39, 0.29) is 69.7 Å². The molecule has 22 nitrogen and oxygen atoms in total. The summed E-state index contributed by atoms with van der Waals surface area (Å²) in [7, 11) is 0. The zero-order valence-electron chi connectivity index (χ0n) is 57.5. The van der Waals surface area contributed by atoms with Gasteiger partial charge in [-0.25, -0.2) is 4.79 Å². The van der Waals surface area contributed by atoms with Gasteiger partial charge in [0, 0.05) is 38.4 Å². The van der Waals surface area contributed by atoms with Crippen molar-refractivity contribution in [3.63, 3.8) is 0 Å². The number of carboxylic acid groups (broad SMARTS) is 1. The summed E-state index contributed by atoms with van der Waals surface area (Å²) in [6.45, 7) is 5.70. The van der Waals surface area contributed by atoms with Crippen molar-refractivity contribution < 1.29 is 53.4 Å². The first-order chi connectivity index (χ1) is 45.0. The number of primary amides is 1. The Balaban J connectivity index is 2.94. The molecule has 7 atom stereocenters. The molecule has 22 heteroatoms. The van der Waals surface area contributed by atoms with Gasteiger partial charge in [-0.15, -0.1) is 0 Å². The highest BCUT2D eigenvalue weighted by Gasteiger charge is 2.32. The number of carbonyl (C=O) groups excluding carboxylic acids is 8. The van der Waals surface area contributed by atoms with E-state index in [0.717, 1.165) is 44.1 Å². The minimum absolute atomic E-state index is 0.00127. The minimum Gasteiger partial charge on any atom is -0.480 e. The molecule has 1 rings (SSSR count). The van der Waals surface area contributed by atoms with Gasteiger partial charge in [-0.05, 0) is 121 Å². The summed E-state index contributed by atoms with van der Waals surface area (Å²) in [6.07, 6.45) is 34.2. The lowest BCUT2D eigenvalue weighted by Gasteiger charge is -2.26. The predicted molar refractivity (Wildman–Crippen MR) is 370 cm³/mol. The third-order valence-electron chi connectivity index (χ3n) is 17.2. The molecule has 0 aliphatic carbocycles. The molecule has 1 aromatic rings. The number of aliphatic hydroxyl groups excluding tert-OH is 1. The standard InChI is InChI=1S/C71H129N11O11/c1-3-5-7-9-11-13-15-17-19-21-23-25-30-46-62(83)76-52-39-35-45-58(78-64(85)47-31-26-24-22-20-18-16-14-12-10-8-6-4-2)67(88)80-60(44-33-37-51-73)69(90)81-59(43-32-36-50-72)68(89)79-57(66(75)87)42-34-38-53-77-63(84)49-48-61(71(92)93)82-70(91)65(86)56(74)54-55-40-28-27-29-41-55/h27-29,40-41,56-61,65,86H,3-26,30-39,42-54,72-74H2,1-2H3,(H2,75,87)(H,76,83)(H,77,84)(H,78,85)(H,79,89)(H,80,88)(H,81,90)(H,82,91)(H,92,93). The first kappa shape index (κ1) is 85.3. The van der Waals surface area contributed by atoms with Crippen LogP contribution >= 0.6 is 0 Å². The van der Waals surface area contributed by atoms with E-state index in [1.54, 1.807) is 24.3 Å². The third kappa shape index (κ3) is 46.1. The normalized spacial score (nSPS) is 13.5. The summed E-state index contributed by atoms with van der Waals surface area (Å²) < 4.78 is 0. The lowest BCUT2D eigenvalue weighted by Crippen LogP contribution is -2.58. The molecule has 0 radical (unpaired) electrons. The van der Waals surface area contributed by atoms with Crippen LogP contribution in [0.1, 0.15) is 289 Å². The fourth-order valence-electron chi connectivity index (χ4n) is 11.3. The molecule has 93 heavy (non-hydrogen) atoms. The summed E-state index contributed by atoms with van der Waals surface area (Å²) in [6, 6.07) is 2.08. The van der Waals surface area contributed by atoms with Crippen LogP contribution in [0.3, 0.4) is 0 Å². The number of carboxylic acids is 1. The second-order valence-electron chi connectivity index (χ2n) is 25.7. The van der Waals surface area contributed by atoms with Crippen LogP contribution in [-0.2, 0) is 49.6 Å². The van der Waals surface area contributed by atoms with E-state index in [4.69, 9.17) is 22.9 Å². The van der Waals surface area contributed by atoms with Crippen molar-refractivity contribution in [1.82, 2.24) is 37.2 Å². The number of nitrogens with two attached hydrogens (primary N) is 4. The largest absolute Gasteiger partial charge is 0.480 e. The quantitative estimate of drug-likeness (QED) is 0.0272. The summed E-state index contributed by atoms with van der Waals surface area (Å²) >= 11 is 0. The molecule has 7 unspecified atom stereocenters. The van der Waals surface area contributed by atoms with Gasteiger partial charge in [0.05, 0.1) is 0 Å². The van der Waals surface area contributed by atoms with Gasteiger partial charge in [-0.2, -0.15) is 0 Å². The highest BCUT2D eigenvalue weighted by molar-refractivity contribution is 5.95. The lowest BCUT2D eigenvalue weighted by molar-refractivity contribution is -0.144. The number of hydrogen-bond acceptors (Lipinski definition) is 13. The molecule has 8 amide bonds. The fraction of sp³-hybridized carbons (Fsp3) is 0.789. The number of amides is 8. The van der Waals surface area contributed by atoms with Crippen molar-refractivity contribution in [2.45, 2.75) is 332 Å². The van der Waals surface area contributed by atoms with Crippen LogP contribution in [0.5, 0.6) is 0 Å². The van der Waals surface area contributed by atoms with Crippen molar-refractivity contribution >= 4 is 53.2 Å². The van der Waals surface area contributed by atoms with Crippen molar-refractivity contribution in [3.05, 3.63) is 35.9 Å². The van der Waals surface area contributed by atoms with E-state index in [9.17, 15) is 53.4 Å². The molecular weight excluding hydrogens is 1180 g/mol. The van der Waals surface area contributed by atoms with E-state index in [2.05, 4.69) is 51.1 Å². The Hall–Kier alpha value is -5.71. The van der Waals surface area contributed by atoms with Gasteiger partial charge < -0.3 is 70.4 Å². The van der Waals surface area contributed by atoms with E-state index in [1.807, 2.05) is 6.07 Å². The van der Waals surface area contributed by atoms with Crippen molar-refractivity contribution in [2.75, 3.05) is 26.2 Å². The van der Waals surface area contributed by atoms with Crippen LogP contribution < -0.4 is 60.2 Å². The smallest absolute Gasteiger partial charge is 0.326 e. The highest BCUT2D eigenvalue weighted by Crippen LogP contribution is 2.17. The molecule has 0 fully saturated rings. The maximum absolute atomic E-state index is 14.3. The number of aliphatic carboxylic acids is 1. The van der Waals surface area contributed by atoms with Crippen LogP contribution in [0.2, 0.25) is 0 Å². The number of rotatable bonds is 63. The van der Waals surface area contributed by atoms with E-state index in [0.29, 0.717) is 83.8 Å². The maximum atomic E-state index is 14.3. The molecule has 0 bridgehead atoms. The molecule has 0 heterocycles. The summed E-state index contributed by atoms with van der Waals surface area (Å²) in [5.74, 6) is -5.82. The predicted octanol–water partition coefficient (Wildman–Crippen LogP) is 8.49. The van der Waals surface area contributed by atoms with E-state index in [1.165, 1.54) is 122 Å². The number of nitrogens with one attached hydrogen (secondary N) is 7. The van der Waals surface area contributed by atoms with Gasteiger partial charge >= 0.3 is 5.97 Å². The average molecular weight is 1310 g/mol. The van der Waals surface area contributed by atoms with Gasteiger partial charge in [-0.1, -0.05) is 198 Å². The molecule has 0 spiro atoms. The Morgan fingerprint density at radius 2 is 0.731 bits per heavy atom. The van der Waals surface area contributed by atoms with Crippen LogP contribution in [0.15, 0.2) is 30.3 Å². The minimum atomic E-state index is -1.69. The van der Waals surface area contributed by atoms with Crippen molar-refractivity contribution in [3.8, 4) is 0 Å². The second kappa shape index (κ2) is 57.7. The summed E-state index contributed by atoms with van der Waals surface area (Å²) in [4.78, 5) is 119. The Morgan fingerprint density at radius 3 is 1.13 bits per heavy atom. The first-order valence-electron chi connectivity index (χ1n) is 36.4. The number of unbranched alkanes of at least 4 members (excludes halogenated alkanes) is 28. The molecule has 0 saturated heterocycles.